The number of aryl methyl sites for hydroxylation is 5. The number of hydrogen-bond donors (Lipinski definition) is 0. The number of halogens is 1. The molecule has 3 aliphatic rings. The second kappa shape index (κ2) is 5.95. The molecule has 0 atom stereocenters. The molecule has 1 heteroatoms. The molecule has 0 N–H and O–H groups in total. The van der Waals surface area contributed by atoms with Gasteiger partial charge in [0.15, 0.2) is 0 Å². The third-order valence-electron chi connectivity index (χ3n) is 7.86. The number of hydrogen-bond acceptors (Lipinski definition) is 0. The second-order valence-corrected chi connectivity index (χ2v) is 9.46. The van der Waals surface area contributed by atoms with Crippen LogP contribution in [0.1, 0.15) is 50.1 Å². The normalized spacial score (nSPS) is 16.5. The second-order valence-electron chi connectivity index (χ2n) is 9.46. The SMILES string of the molecule is Cc1ccc2c(c1)C(c1ccc3c(c1)CC3)(c1ccc3c(c1)CC3)c1cc(F)ccc1-2. The fourth-order valence-corrected chi connectivity index (χ4v) is 6.06. The number of benzene rings is 4. The van der Waals surface area contributed by atoms with E-state index in [4.69, 9.17) is 0 Å². The molecule has 0 aliphatic heterocycles. The van der Waals surface area contributed by atoms with Crippen molar-refractivity contribution in [3.05, 3.63) is 129 Å². The summed E-state index contributed by atoms with van der Waals surface area (Å²) in [6, 6.07) is 26.1. The van der Waals surface area contributed by atoms with Crippen molar-refractivity contribution >= 4 is 0 Å². The predicted octanol–water partition coefficient (Wildman–Crippen LogP) is 6.69. The Kier molecular flexibility index (Phi) is 3.35. The van der Waals surface area contributed by atoms with Gasteiger partial charge in [0.25, 0.3) is 0 Å². The van der Waals surface area contributed by atoms with E-state index < -0.39 is 5.41 Å². The average molecular weight is 403 g/mol. The van der Waals surface area contributed by atoms with Crippen molar-refractivity contribution < 1.29 is 4.39 Å². The molecule has 7 rings (SSSR count). The van der Waals surface area contributed by atoms with Crippen LogP contribution in [0.15, 0.2) is 72.8 Å². The molecule has 0 radical (unpaired) electrons. The quantitative estimate of drug-likeness (QED) is 0.308. The van der Waals surface area contributed by atoms with E-state index in [9.17, 15) is 4.39 Å². The molecule has 0 fully saturated rings. The van der Waals surface area contributed by atoms with Gasteiger partial charge in [-0.25, -0.2) is 4.39 Å². The van der Waals surface area contributed by atoms with Crippen molar-refractivity contribution in [2.24, 2.45) is 0 Å². The highest BCUT2D eigenvalue weighted by molar-refractivity contribution is 5.86. The lowest BCUT2D eigenvalue weighted by atomic mass is 9.65. The lowest BCUT2D eigenvalue weighted by Crippen LogP contribution is -2.30. The maximum Gasteiger partial charge on any atom is 0.123 e. The maximum atomic E-state index is 14.7. The van der Waals surface area contributed by atoms with Crippen LogP contribution in [0.5, 0.6) is 0 Å². The molecule has 0 heterocycles. The van der Waals surface area contributed by atoms with Crippen LogP contribution < -0.4 is 0 Å². The van der Waals surface area contributed by atoms with Crippen LogP contribution in [0.25, 0.3) is 11.1 Å². The van der Waals surface area contributed by atoms with Crippen molar-refractivity contribution in [3.63, 3.8) is 0 Å². The van der Waals surface area contributed by atoms with Crippen molar-refractivity contribution in [1.29, 1.82) is 0 Å². The molecule has 0 saturated heterocycles. The van der Waals surface area contributed by atoms with E-state index in [-0.39, 0.29) is 5.82 Å². The highest BCUT2D eigenvalue weighted by Crippen LogP contribution is 2.57. The molecule has 0 unspecified atom stereocenters. The van der Waals surface area contributed by atoms with Gasteiger partial charge in [-0.2, -0.15) is 0 Å². The van der Waals surface area contributed by atoms with E-state index >= 15 is 0 Å². The molecular weight excluding hydrogens is 379 g/mol. The molecule has 0 amide bonds. The van der Waals surface area contributed by atoms with Gasteiger partial charge in [0.05, 0.1) is 5.41 Å². The Morgan fingerprint density at radius 3 is 1.68 bits per heavy atom. The van der Waals surface area contributed by atoms with Crippen LogP contribution in [0.2, 0.25) is 0 Å². The molecule has 0 saturated carbocycles. The van der Waals surface area contributed by atoms with Gasteiger partial charge in [0.1, 0.15) is 5.82 Å². The van der Waals surface area contributed by atoms with Gasteiger partial charge >= 0.3 is 0 Å². The summed E-state index contributed by atoms with van der Waals surface area (Å²) in [6.07, 6.45) is 4.62. The van der Waals surface area contributed by atoms with E-state index in [0.717, 1.165) is 24.0 Å². The third kappa shape index (κ3) is 2.19. The molecule has 4 aromatic rings. The summed E-state index contributed by atoms with van der Waals surface area (Å²) < 4.78 is 14.7. The van der Waals surface area contributed by atoms with Gasteiger partial charge in [-0.15, -0.1) is 0 Å². The minimum Gasteiger partial charge on any atom is -0.207 e. The fraction of sp³-hybridized carbons (Fsp3) is 0.200. The van der Waals surface area contributed by atoms with Gasteiger partial charge in [0, 0.05) is 0 Å². The monoisotopic (exact) mass is 402 g/mol. The molecule has 0 aromatic heterocycles. The summed E-state index contributed by atoms with van der Waals surface area (Å²) in [4.78, 5) is 0. The summed E-state index contributed by atoms with van der Waals surface area (Å²) in [5.74, 6) is -0.166. The molecule has 3 aliphatic carbocycles. The van der Waals surface area contributed by atoms with E-state index in [1.165, 1.54) is 62.9 Å². The lowest BCUT2D eigenvalue weighted by Gasteiger charge is -2.36. The molecule has 31 heavy (non-hydrogen) atoms. The zero-order valence-electron chi connectivity index (χ0n) is 17.6. The van der Waals surface area contributed by atoms with E-state index in [1.807, 2.05) is 6.07 Å². The Morgan fingerprint density at radius 2 is 1.13 bits per heavy atom. The fourth-order valence-electron chi connectivity index (χ4n) is 6.06. The largest absolute Gasteiger partial charge is 0.207 e. The first-order valence-corrected chi connectivity index (χ1v) is 11.3. The Labute approximate surface area is 182 Å². The minimum absolute atomic E-state index is 0.166. The van der Waals surface area contributed by atoms with Crippen LogP contribution in [0.4, 0.5) is 4.39 Å². The smallest absolute Gasteiger partial charge is 0.123 e. The molecule has 150 valence electrons. The van der Waals surface area contributed by atoms with Crippen LogP contribution in [0, 0.1) is 12.7 Å². The highest BCUT2D eigenvalue weighted by Gasteiger charge is 2.47. The van der Waals surface area contributed by atoms with E-state index in [1.54, 1.807) is 12.1 Å². The van der Waals surface area contributed by atoms with Crippen LogP contribution in [0.3, 0.4) is 0 Å². The van der Waals surface area contributed by atoms with Crippen LogP contribution in [-0.2, 0) is 31.1 Å². The first kappa shape index (κ1) is 17.5. The van der Waals surface area contributed by atoms with E-state index in [0.29, 0.717) is 0 Å². The summed E-state index contributed by atoms with van der Waals surface area (Å²) >= 11 is 0. The van der Waals surface area contributed by atoms with E-state index in [2.05, 4.69) is 61.5 Å². The zero-order valence-corrected chi connectivity index (χ0v) is 17.6. The number of fused-ring (bicyclic) bond motifs is 5. The summed E-state index contributed by atoms with van der Waals surface area (Å²) in [6.45, 7) is 2.16. The summed E-state index contributed by atoms with van der Waals surface area (Å²) in [7, 11) is 0. The van der Waals surface area contributed by atoms with Crippen molar-refractivity contribution in [1.82, 2.24) is 0 Å². The molecular formula is C30H23F. The highest BCUT2D eigenvalue weighted by atomic mass is 19.1. The Morgan fingerprint density at radius 1 is 0.581 bits per heavy atom. The zero-order chi connectivity index (χ0) is 20.7. The lowest BCUT2D eigenvalue weighted by molar-refractivity contribution is 0.621. The standard InChI is InChI=1S/C30H23F/c1-18-2-12-26-27-13-11-25(31)17-29(27)30(28(26)14-18,23-9-7-19-3-5-21(19)15-23)24-10-8-20-4-6-22(20)16-24/h2,7-17H,3-6H2,1H3. The van der Waals surface area contributed by atoms with Gasteiger partial charge in [-0.1, -0.05) is 66.2 Å². The van der Waals surface area contributed by atoms with Crippen LogP contribution in [-0.4, -0.2) is 0 Å². The van der Waals surface area contributed by atoms with Crippen molar-refractivity contribution in [3.8, 4) is 11.1 Å². The van der Waals surface area contributed by atoms with Crippen LogP contribution >= 0.6 is 0 Å². The van der Waals surface area contributed by atoms with Gasteiger partial charge in [0.2, 0.25) is 0 Å². The number of rotatable bonds is 2. The van der Waals surface area contributed by atoms with Gasteiger partial charge in [-0.05, 0) is 100 Å². The van der Waals surface area contributed by atoms with Crippen molar-refractivity contribution in [2.45, 2.75) is 38.0 Å². The van der Waals surface area contributed by atoms with Gasteiger partial charge in [-0.3, -0.25) is 0 Å². The Hall–Kier alpha value is -3.19. The first-order chi connectivity index (χ1) is 15.1. The molecule has 0 spiro atoms. The molecule has 4 aromatic carbocycles. The first-order valence-electron chi connectivity index (χ1n) is 11.3. The Bertz CT molecular complexity index is 1300. The minimum atomic E-state index is -0.478. The summed E-state index contributed by atoms with van der Waals surface area (Å²) in [5, 5.41) is 0. The molecule has 0 nitrogen and oxygen atoms in total. The van der Waals surface area contributed by atoms with Crippen molar-refractivity contribution in [2.75, 3.05) is 0 Å². The summed E-state index contributed by atoms with van der Waals surface area (Å²) in [5.41, 5.74) is 13.8. The maximum absolute atomic E-state index is 14.7. The molecule has 0 bridgehead atoms. The third-order valence-corrected chi connectivity index (χ3v) is 7.86. The predicted molar refractivity (Wildman–Crippen MR) is 123 cm³/mol. The average Bonchev–Trinajstić information content (AvgIpc) is 2.99. The Balaban J connectivity index is 1.65. The van der Waals surface area contributed by atoms with Gasteiger partial charge < -0.3 is 0 Å². The topological polar surface area (TPSA) is 0 Å².